The zero-order valence-electron chi connectivity index (χ0n) is 15.0. The second-order valence-corrected chi connectivity index (χ2v) is 8.65. The van der Waals surface area contributed by atoms with Crippen molar-refractivity contribution < 1.29 is 22.9 Å². The summed E-state index contributed by atoms with van der Waals surface area (Å²) in [6, 6.07) is 4.47. The van der Waals surface area contributed by atoms with Crippen molar-refractivity contribution in [3.05, 3.63) is 46.0 Å². The maximum Gasteiger partial charge on any atom is 0.269 e. The van der Waals surface area contributed by atoms with Crippen molar-refractivity contribution in [1.82, 2.24) is 10.2 Å². The van der Waals surface area contributed by atoms with Crippen molar-refractivity contribution in [2.24, 2.45) is 0 Å². The third kappa shape index (κ3) is 5.61. The molecule has 1 saturated heterocycles. The first kappa shape index (κ1) is 20.6. The Hall–Kier alpha value is -2.75. The fourth-order valence-electron chi connectivity index (χ4n) is 2.77. The van der Waals surface area contributed by atoms with Crippen molar-refractivity contribution in [2.75, 3.05) is 18.6 Å². The summed E-state index contributed by atoms with van der Waals surface area (Å²) in [6.45, 7) is 1.53. The Morgan fingerprint density at radius 1 is 1.33 bits per heavy atom. The lowest BCUT2D eigenvalue weighted by atomic mass is 10.2. The van der Waals surface area contributed by atoms with Gasteiger partial charge in [-0.2, -0.15) is 0 Å². The number of carbonyl (C=O) groups is 2. The molecule has 1 aliphatic rings. The zero-order chi connectivity index (χ0) is 20.2. The molecule has 2 atom stereocenters. The molecular formula is C17H21N3O6S. The van der Waals surface area contributed by atoms with Gasteiger partial charge in [0.25, 0.3) is 5.69 Å². The van der Waals surface area contributed by atoms with Gasteiger partial charge >= 0.3 is 0 Å². The molecule has 1 N–H and O–H groups in total. The molecular weight excluding hydrogens is 374 g/mol. The minimum atomic E-state index is -3.11. The van der Waals surface area contributed by atoms with Crippen LogP contribution in [0.4, 0.5) is 5.69 Å². The summed E-state index contributed by atoms with van der Waals surface area (Å²) in [5, 5.41) is 13.1. The monoisotopic (exact) mass is 395 g/mol. The maximum absolute atomic E-state index is 12.4. The Kier molecular flexibility index (Phi) is 6.32. The topological polar surface area (TPSA) is 127 Å². The van der Waals surface area contributed by atoms with Crippen molar-refractivity contribution in [3.8, 4) is 0 Å². The lowest BCUT2D eigenvalue weighted by Crippen LogP contribution is -2.49. The second kappa shape index (κ2) is 8.30. The van der Waals surface area contributed by atoms with Crippen LogP contribution >= 0.6 is 0 Å². The van der Waals surface area contributed by atoms with Crippen LogP contribution in [-0.4, -0.2) is 60.7 Å². The lowest BCUT2D eigenvalue weighted by Gasteiger charge is -2.26. The molecule has 2 unspecified atom stereocenters. The predicted octanol–water partition coefficient (Wildman–Crippen LogP) is 0.758. The molecule has 9 nitrogen and oxygen atoms in total. The highest BCUT2D eigenvalue weighted by molar-refractivity contribution is 7.91. The van der Waals surface area contributed by atoms with Crippen molar-refractivity contribution in [2.45, 2.75) is 25.4 Å². The van der Waals surface area contributed by atoms with Crippen LogP contribution in [0, 0.1) is 10.1 Å². The molecule has 0 bridgehead atoms. The summed E-state index contributed by atoms with van der Waals surface area (Å²) in [5.41, 5.74) is 0.552. The van der Waals surface area contributed by atoms with Crippen LogP contribution in [-0.2, 0) is 19.4 Å². The summed E-state index contributed by atoms with van der Waals surface area (Å²) in [5.74, 6) is -0.861. The molecule has 1 aliphatic heterocycles. The summed E-state index contributed by atoms with van der Waals surface area (Å²) < 4.78 is 23.1. The SMILES string of the molecule is CC(NC(=O)/C=C/c1ccc([N+](=O)[O-])cc1)C(=O)N(C)C1CCS(=O)(=O)C1. The average Bonchev–Trinajstić information content (AvgIpc) is 2.98. The Balaban J connectivity index is 1.90. The molecule has 0 saturated carbocycles. The van der Waals surface area contributed by atoms with Crippen molar-refractivity contribution in [3.63, 3.8) is 0 Å². The van der Waals surface area contributed by atoms with E-state index in [2.05, 4.69) is 5.32 Å². The Labute approximate surface area is 157 Å². The van der Waals surface area contributed by atoms with Crippen LogP contribution in [0.3, 0.4) is 0 Å². The molecule has 27 heavy (non-hydrogen) atoms. The first-order valence-electron chi connectivity index (χ1n) is 8.29. The number of non-ortho nitro benzene ring substituents is 1. The zero-order valence-corrected chi connectivity index (χ0v) is 15.8. The summed E-state index contributed by atoms with van der Waals surface area (Å²) in [4.78, 5) is 35.8. The third-order valence-electron chi connectivity index (χ3n) is 4.36. The van der Waals surface area contributed by atoms with E-state index in [1.165, 1.54) is 55.3 Å². The van der Waals surface area contributed by atoms with Gasteiger partial charge in [-0.3, -0.25) is 19.7 Å². The Morgan fingerprint density at radius 2 is 1.96 bits per heavy atom. The Morgan fingerprint density at radius 3 is 2.48 bits per heavy atom. The number of hydrogen-bond donors (Lipinski definition) is 1. The Bertz CT molecular complexity index is 863. The molecule has 146 valence electrons. The first-order chi connectivity index (χ1) is 12.6. The number of nitro groups is 1. The average molecular weight is 395 g/mol. The number of carbonyl (C=O) groups excluding carboxylic acids is 2. The predicted molar refractivity (Wildman–Crippen MR) is 99.6 cm³/mol. The van der Waals surface area contributed by atoms with E-state index in [1.54, 1.807) is 0 Å². The number of amides is 2. The van der Waals surface area contributed by atoms with Crippen LogP contribution in [0.2, 0.25) is 0 Å². The molecule has 1 aromatic rings. The molecule has 0 spiro atoms. The van der Waals surface area contributed by atoms with Crippen LogP contribution in [0.5, 0.6) is 0 Å². The number of rotatable bonds is 6. The number of likely N-dealkylation sites (N-methyl/N-ethyl adjacent to an activating group) is 1. The highest BCUT2D eigenvalue weighted by atomic mass is 32.2. The quantitative estimate of drug-likeness (QED) is 0.430. The fourth-order valence-corrected chi connectivity index (χ4v) is 4.54. The van der Waals surface area contributed by atoms with E-state index in [1.807, 2.05) is 0 Å². The van der Waals surface area contributed by atoms with Gasteiger partial charge in [0.2, 0.25) is 11.8 Å². The van der Waals surface area contributed by atoms with E-state index in [0.717, 1.165) is 0 Å². The van der Waals surface area contributed by atoms with E-state index in [-0.39, 0.29) is 29.1 Å². The van der Waals surface area contributed by atoms with Crippen molar-refractivity contribution in [1.29, 1.82) is 0 Å². The van der Waals surface area contributed by atoms with E-state index in [4.69, 9.17) is 0 Å². The van der Waals surface area contributed by atoms with Gasteiger partial charge in [0.1, 0.15) is 6.04 Å². The van der Waals surface area contributed by atoms with Gasteiger partial charge in [0.05, 0.1) is 16.4 Å². The van der Waals surface area contributed by atoms with Crippen LogP contribution < -0.4 is 5.32 Å². The van der Waals surface area contributed by atoms with Crippen molar-refractivity contribution >= 4 is 33.4 Å². The number of nitro benzene ring substituents is 1. The summed E-state index contributed by atoms with van der Waals surface area (Å²) >= 11 is 0. The van der Waals surface area contributed by atoms with Gasteiger partial charge in [-0.05, 0) is 37.1 Å². The highest BCUT2D eigenvalue weighted by Crippen LogP contribution is 2.17. The van der Waals surface area contributed by atoms with E-state index in [0.29, 0.717) is 12.0 Å². The number of sulfone groups is 1. The minimum absolute atomic E-state index is 0.0483. The molecule has 10 heteroatoms. The first-order valence-corrected chi connectivity index (χ1v) is 10.1. The van der Waals surface area contributed by atoms with Gasteiger partial charge in [0, 0.05) is 31.3 Å². The molecule has 0 radical (unpaired) electrons. The summed E-state index contributed by atoms with van der Waals surface area (Å²) in [7, 11) is -1.57. The number of nitrogens with zero attached hydrogens (tertiary/aromatic N) is 2. The van der Waals surface area contributed by atoms with E-state index >= 15 is 0 Å². The van der Waals surface area contributed by atoms with E-state index < -0.39 is 26.7 Å². The van der Waals surface area contributed by atoms with Crippen LogP contribution in [0.25, 0.3) is 6.08 Å². The minimum Gasteiger partial charge on any atom is -0.341 e. The van der Waals surface area contributed by atoms with Gasteiger partial charge in [-0.25, -0.2) is 8.42 Å². The molecule has 1 fully saturated rings. The largest absolute Gasteiger partial charge is 0.341 e. The number of hydrogen-bond acceptors (Lipinski definition) is 6. The van der Waals surface area contributed by atoms with Gasteiger partial charge < -0.3 is 10.2 Å². The lowest BCUT2D eigenvalue weighted by molar-refractivity contribution is -0.384. The molecule has 1 aromatic carbocycles. The fraction of sp³-hybridized carbons (Fsp3) is 0.412. The summed E-state index contributed by atoms with van der Waals surface area (Å²) in [6.07, 6.45) is 3.10. The normalized spacial score (nSPS) is 19.6. The van der Waals surface area contributed by atoms with Gasteiger partial charge in [-0.15, -0.1) is 0 Å². The standard InChI is InChI=1S/C17H21N3O6S/c1-12(17(22)19(2)15-9-10-27(25,26)11-15)18-16(21)8-5-13-3-6-14(7-4-13)20(23)24/h3-8,12,15H,9-11H2,1-2H3,(H,18,21)/b8-5+. The molecule has 0 aromatic heterocycles. The van der Waals surface area contributed by atoms with Crippen LogP contribution in [0.1, 0.15) is 18.9 Å². The second-order valence-electron chi connectivity index (χ2n) is 6.42. The number of benzene rings is 1. The molecule has 2 amide bonds. The van der Waals surface area contributed by atoms with Crippen LogP contribution in [0.15, 0.2) is 30.3 Å². The highest BCUT2D eigenvalue weighted by Gasteiger charge is 2.34. The third-order valence-corrected chi connectivity index (χ3v) is 6.11. The van der Waals surface area contributed by atoms with Gasteiger partial charge in [-0.1, -0.05) is 0 Å². The molecule has 1 heterocycles. The molecule has 2 rings (SSSR count). The number of nitrogens with one attached hydrogen (secondary N) is 1. The molecule has 0 aliphatic carbocycles. The maximum atomic E-state index is 12.4. The van der Waals surface area contributed by atoms with E-state index in [9.17, 15) is 28.1 Å². The smallest absolute Gasteiger partial charge is 0.269 e. The van der Waals surface area contributed by atoms with Gasteiger partial charge in [0.15, 0.2) is 9.84 Å².